The Balaban J connectivity index is 1.53. The van der Waals surface area contributed by atoms with Gasteiger partial charge in [0.2, 0.25) is 0 Å². The topological polar surface area (TPSA) is 102 Å². The lowest BCUT2D eigenvalue weighted by Gasteiger charge is -2.21. The second kappa shape index (κ2) is 6.58. The van der Waals surface area contributed by atoms with E-state index in [1.54, 1.807) is 11.1 Å². The minimum Gasteiger partial charge on any atom is -0.360 e. The van der Waals surface area contributed by atoms with E-state index in [9.17, 15) is 13.2 Å². The molecule has 0 atom stereocenters. The largest absolute Gasteiger partial charge is 0.360 e. The van der Waals surface area contributed by atoms with Gasteiger partial charge in [0.15, 0.2) is 5.03 Å². The fourth-order valence-corrected chi connectivity index (χ4v) is 4.64. The van der Waals surface area contributed by atoms with Gasteiger partial charge in [0, 0.05) is 43.3 Å². The monoisotopic (exact) mass is 373 g/mol. The maximum absolute atomic E-state index is 12.9. The van der Waals surface area contributed by atoms with Crippen LogP contribution in [-0.4, -0.2) is 64.7 Å². The number of amides is 1. The van der Waals surface area contributed by atoms with E-state index in [0.717, 1.165) is 10.9 Å². The van der Waals surface area contributed by atoms with Gasteiger partial charge in [-0.3, -0.25) is 4.79 Å². The van der Waals surface area contributed by atoms with E-state index in [0.29, 0.717) is 31.6 Å². The maximum atomic E-state index is 12.9. The number of imidazole rings is 1. The Morgan fingerprint density at radius 2 is 1.92 bits per heavy atom. The maximum Gasteiger partial charge on any atom is 0.260 e. The number of aromatic amines is 2. The van der Waals surface area contributed by atoms with Crippen molar-refractivity contribution in [2.24, 2.45) is 0 Å². The summed E-state index contributed by atoms with van der Waals surface area (Å²) >= 11 is 0. The molecule has 0 aliphatic carbocycles. The predicted octanol–water partition coefficient (Wildman–Crippen LogP) is 1.43. The van der Waals surface area contributed by atoms with E-state index in [-0.39, 0.29) is 17.5 Å². The summed E-state index contributed by atoms with van der Waals surface area (Å²) in [4.78, 5) is 24.2. The average molecular weight is 373 g/mol. The number of carbonyl (C=O) groups is 1. The minimum atomic E-state index is -3.61. The molecule has 1 saturated heterocycles. The van der Waals surface area contributed by atoms with E-state index in [1.165, 1.54) is 16.8 Å². The second-order valence-corrected chi connectivity index (χ2v) is 8.12. The number of H-pyrrole nitrogens is 2. The zero-order valence-electron chi connectivity index (χ0n) is 14.1. The Bertz CT molecular complexity index is 1030. The third-order valence-electron chi connectivity index (χ3n) is 4.65. The Morgan fingerprint density at radius 3 is 2.73 bits per heavy atom. The van der Waals surface area contributed by atoms with Crippen molar-refractivity contribution in [1.29, 1.82) is 0 Å². The van der Waals surface area contributed by atoms with Crippen LogP contribution in [0.2, 0.25) is 0 Å². The fraction of sp³-hybridized carbons (Fsp3) is 0.294. The van der Waals surface area contributed by atoms with Crippen molar-refractivity contribution in [2.75, 3.05) is 26.2 Å². The third-order valence-corrected chi connectivity index (χ3v) is 6.48. The van der Waals surface area contributed by atoms with Crippen molar-refractivity contribution in [2.45, 2.75) is 11.4 Å². The summed E-state index contributed by atoms with van der Waals surface area (Å²) in [6.07, 6.45) is 4.95. The van der Waals surface area contributed by atoms with Gasteiger partial charge in [0.1, 0.15) is 0 Å². The molecule has 0 spiro atoms. The highest BCUT2D eigenvalue weighted by molar-refractivity contribution is 7.89. The zero-order chi connectivity index (χ0) is 18.1. The van der Waals surface area contributed by atoms with Crippen LogP contribution in [0.4, 0.5) is 0 Å². The van der Waals surface area contributed by atoms with Crippen molar-refractivity contribution < 1.29 is 13.2 Å². The molecule has 1 aliphatic heterocycles. The van der Waals surface area contributed by atoms with Gasteiger partial charge in [0.05, 0.1) is 18.1 Å². The first-order chi connectivity index (χ1) is 12.6. The lowest BCUT2D eigenvalue weighted by Crippen LogP contribution is -2.37. The van der Waals surface area contributed by atoms with Crippen LogP contribution in [0.5, 0.6) is 0 Å². The van der Waals surface area contributed by atoms with Crippen molar-refractivity contribution in [3.05, 3.63) is 48.5 Å². The molecule has 0 saturated carbocycles. The number of aromatic nitrogens is 3. The van der Waals surface area contributed by atoms with Crippen LogP contribution >= 0.6 is 0 Å². The number of hydrogen-bond donors (Lipinski definition) is 2. The molecule has 3 aromatic rings. The molecule has 136 valence electrons. The van der Waals surface area contributed by atoms with E-state index in [2.05, 4.69) is 15.0 Å². The third kappa shape index (κ3) is 2.89. The Hall–Kier alpha value is -2.65. The number of fused-ring (bicyclic) bond motifs is 1. The molecule has 1 aromatic carbocycles. The van der Waals surface area contributed by atoms with Gasteiger partial charge in [-0.1, -0.05) is 18.2 Å². The number of nitrogens with zero attached hydrogens (tertiary/aromatic N) is 3. The van der Waals surface area contributed by atoms with Crippen molar-refractivity contribution in [3.63, 3.8) is 0 Å². The highest BCUT2D eigenvalue weighted by Crippen LogP contribution is 2.21. The summed E-state index contributed by atoms with van der Waals surface area (Å²) in [5, 5.41) is 0.956. The quantitative estimate of drug-likeness (QED) is 0.725. The van der Waals surface area contributed by atoms with Crippen LogP contribution in [0.1, 0.15) is 16.8 Å². The van der Waals surface area contributed by atoms with Gasteiger partial charge in [-0.2, -0.15) is 4.31 Å². The second-order valence-electron chi connectivity index (χ2n) is 6.21. The van der Waals surface area contributed by atoms with Crippen LogP contribution in [0.15, 0.2) is 48.0 Å². The molecule has 0 radical (unpaired) electrons. The van der Waals surface area contributed by atoms with Gasteiger partial charge in [0.25, 0.3) is 15.9 Å². The van der Waals surface area contributed by atoms with E-state index < -0.39 is 10.0 Å². The highest BCUT2D eigenvalue weighted by Gasteiger charge is 2.29. The lowest BCUT2D eigenvalue weighted by molar-refractivity contribution is 0.0766. The number of hydrogen-bond acceptors (Lipinski definition) is 4. The molecule has 1 fully saturated rings. The molecule has 0 unspecified atom stereocenters. The molecule has 3 heterocycles. The Morgan fingerprint density at radius 1 is 1.08 bits per heavy atom. The fourth-order valence-electron chi connectivity index (χ4n) is 3.28. The molecule has 2 N–H and O–H groups in total. The summed E-state index contributed by atoms with van der Waals surface area (Å²) in [7, 11) is -3.61. The predicted molar refractivity (Wildman–Crippen MR) is 96.2 cm³/mol. The first kappa shape index (κ1) is 16.8. The molecule has 26 heavy (non-hydrogen) atoms. The molecule has 0 bridgehead atoms. The molecule has 2 aromatic heterocycles. The first-order valence-corrected chi connectivity index (χ1v) is 9.85. The number of benzene rings is 1. The number of rotatable bonds is 3. The number of nitrogens with one attached hydrogen (secondary N) is 2. The lowest BCUT2D eigenvalue weighted by atomic mass is 10.1. The highest BCUT2D eigenvalue weighted by atomic mass is 32.2. The Labute approximate surface area is 150 Å². The molecule has 8 nitrogen and oxygen atoms in total. The summed E-state index contributed by atoms with van der Waals surface area (Å²) in [6, 6.07) is 7.64. The SMILES string of the molecule is O=C(c1c[nH]c2ccccc12)N1CCCN(S(=O)(=O)c2cnc[nH]2)CC1. The summed E-state index contributed by atoms with van der Waals surface area (Å²) in [5.74, 6) is -0.0803. The average Bonchev–Trinajstić information content (AvgIpc) is 3.26. The van der Waals surface area contributed by atoms with Crippen LogP contribution < -0.4 is 0 Å². The van der Waals surface area contributed by atoms with Crippen LogP contribution in [-0.2, 0) is 10.0 Å². The molecular weight excluding hydrogens is 354 g/mol. The van der Waals surface area contributed by atoms with E-state index in [4.69, 9.17) is 0 Å². The van der Waals surface area contributed by atoms with Gasteiger partial charge >= 0.3 is 0 Å². The van der Waals surface area contributed by atoms with Crippen molar-refractivity contribution >= 4 is 26.8 Å². The van der Waals surface area contributed by atoms with Gasteiger partial charge in [-0.25, -0.2) is 13.4 Å². The number of carbonyl (C=O) groups excluding carboxylic acids is 1. The molecule has 4 rings (SSSR count). The zero-order valence-corrected chi connectivity index (χ0v) is 14.9. The smallest absolute Gasteiger partial charge is 0.260 e. The minimum absolute atomic E-state index is 0.0777. The van der Waals surface area contributed by atoms with Crippen LogP contribution in [0.3, 0.4) is 0 Å². The van der Waals surface area contributed by atoms with Gasteiger partial charge in [-0.05, 0) is 12.5 Å². The molecule has 9 heteroatoms. The Kier molecular flexibility index (Phi) is 4.25. The van der Waals surface area contributed by atoms with Gasteiger partial charge in [-0.15, -0.1) is 0 Å². The molecule has 1 aliphatic rings. The van der Waals surface area contributed by atoms with Crippen LogP contribution in [0, 0.1) is 0 Å². The van der Waals surface area contributed by atoms with E-state index >= 15 is 0 Å². The standard InChI is InChI=1S/C17H19N5O3S/c23-17(14-10-19-15-5-2-1-4-13(14)15)21-6-3-7-22(9-8-21)26(24,25)16-11-18-12-20-16/h1-2,4-5,10-12,19H,3,6-9H2,(H,18,20). The first-order valence-electron chi connectivity index (χ1n) is 8.41. The van der Waals surface area contributed by atoms with E-state index in [1.807, 2.05) is 24.3 Å². The summed E-state index contributed by atoms with van der Waals surface area (Å²) < 4.78 is 26.7. The summed E-state index contributed by atoms with van der Waals surface area (Å²) in [5.41, 5.74) is 1.53. The van der Waals surface area contributed by atoms with Crippen molar-refractivity contribution in [1.82, 2.24) is 24.2 Å². The van der Waals surface area contributed by atoms with Gasteiger partial charge < -0.3 is 14.9 Å². The normalized spacial score (nSPS) is 16.7. The molecule has 1 amide bonds. The number of para-hydroxylation sites is 1. The van der Waals surface area contributed by atoms with Crippen molar-refractivity contribution in [3.8, 4) is 0 Å². The molecular formula is C17H19N5O3S. The summed E-state index contributed by atoms with van der Waals surface area (Å²) in [6.45, 7) is 1.51. The van der Waals surface area contributed by atoms with Crippen LogP contribution in [0.25, 0.3) is 10.9 Å². The number of sulfonamides is 1.